The van der Waals surface area contributed by atoms with Crippen LogP contribution in [0.1, 0.15) is 61.3 Å². The van der Waals surface area contributed by atoms with E-state index in [1.165, 1.54) is 44.4 Å². The Labute approximate surface area is 290 Å². The van der Waals surface area contributed by atoms with Crippen molar-refractivity contribution in [2.24, 2.45) is 5.41 Å². The first-order valence-electron chi connectivity index (χ1n) is 16.2. The number of hydrogen-bond acceptors (Lipinski definition) is 9. The van der Waals surface area contributed by atoms with Crippen molar-refractivity contribution in [3.63, 3.8) is 0 Å². The molecule has 3 N–H and O–H groups in total. The molecule has 0 unspecified atom stereocenters. The van der Waals surface area contributed by atoms with Gasteiger partial charge in [-0.15, -0.1) is 0 Å². The van der Waals surface area contributed by atoms with Gasteiger partial charge in [0.2, 0.25) is 17.7 Å². The van der Waals surface area contributed by atoms with Crippen molar-refractivity contribution >= 4 is 51.9 Å². The first-order valence-corrected chi connectivity index (χ1v) is 16.2. The van der Waals surface area contributed by atoms with Gasteiger partial charge in [-0.25, -0.2) is 23.5 Å². The zero-order valence-corrected chi connectivity index (χ0v) is 29.8. The normalized spacial score (nSPS) is 16.0. The van der Waals surface area contributed by atoms with E-state index in [2.05, 4.69) is 25.9 Å². The van der Waals surface area contributed by atoms with Gasteiger partial charge >= 0.3 is 6.09 Å². The number of fused-ring (bicyclic) bond motifs is 1. The van der Waals surface area contributed by atoms with E-state index in [0.717, 1.165) is 17.0 Å². The van der Waals surface area contributed by atoms with E-state index >= 15 is 0 Å². The second kappa shape index (κ2) is 14.8. The number of aromatic nitrogens is 2. The van der Waals surface area contributed by atoms with Crippen molar-refractivity contribution < 1.29 is 37.4 Å². The van der Waals surface area contributed by atoms with E-state index in [9.17, 15) is 28.0 Å². The van der Waals surface area contributed by atoms with Crippen LogP contribution in [0.4, 0.5) is 30.8 Å². The van der Waals surface area contributed by atoms with Gasteiger partial charge in [-0.2, -0.15) is 0 Å². The summed E-state index contributed by atoms with van der Waals surface area (Å²) < 4.78 is 39.8. The number of para-hydroxylation sites is 1. The molecule has 13 nitrogen and oxygen atoms in total. The fraction of sp³-hybridized carbons (Fsp3) is 0.486. The quantitative estimate of drug-likeness (QED) is 0.268. The number of ether oxygens (including phenoxy) is 2. The molecule has 0 spiro atoms. The first kappa shape index (κ1) is 37.7. The lowest BCUT2D eigenvalue weighted by atomic mass is 9.85. The third-order valence-corrected chi connectivity index (χ3v) is 8.30. The number of carbonyl (C=O) groups excluding carboxylic acids is 4. The summed E-state index contributed by atoms with van der Waals surface area (Å²) in [7, 11) is 2.85. The number of carbonyl (C=O) groups is 4. The molecule has 4 amide bonds. The molecule has 1 saturated heterocycles. The number of halogens is 2. The first-order chi connectivity index (χ1) is 23.3. The Morgan fingerprint density at radius 3 is 2.30 bits per heavy atom. The van der Waals surface area contributed by atoms with E-state index in [0.29, 0.717) is 23.7 Å². The molecule has 1 aliphatic heterocycles. The van der Waals surface area contributed by atoms with Gasteiger partial charge in [0, 0.05) is 25.0 Å². The van der Waals surface area contributed by atoms with Gasteiger partial charge in [0.1, 0.15) is 58.9 Å². The van der Waals surface area contributed by atoms with E-state index in [-0.39, 0.29) is 23.8 Å². The largest absolute Gasteiger partial charge is 0.494 e. The second-order valence-corrected chi connectivity index (χ2v) is 14.3. The van der Waals surface area contributed by atoms with Crippen LogP contribution in [-0.4, -0.2) is 88.0 Å². The molecule has 2 aromatic carbocycles. The SMILES string of the molecule is COc1cc2ncnc(Nc3c(F)cccc3F)c2cc1NC(=O)[C@@H]1CCCN1C(=O)[C@@H](NC(=O)[C@H](C)N(C)C(=O)OC(C)(C)C)C(C)(C)C. The van der Waals surface area contributed by atoms with Crippen molar-refractivity contribution in [2.75, 3.05) is 31.3 Å². The van der Waals surface area contributed by atoms with Crippen LogP contribution < -0.4 is 20.7 Å². The summed E-state index contributed by atoms with van der Waals surface area (Å²) in [5, 5.41) is 8.67. The summed E-state index contributed by atoms with van der Waals surface area (Å²) in [6.45, 7) is 12.4. The Kier molecular flexibility index (Phi) is 11.2. The predicted molar refractivity (Wildman–Crippen MR) is 184 cm³/mol. The number of nitrogens with one attached hydrogen (secondary N) is 3. The fourth-order valence-electron chi connectivity index (χ4n) is 5.45. The van der Waals surface area contributed by atoms with Crippen molar-refractivity contribution in [1.29, 1.82) is 0 Å². The Hall–Kier alpha value is -5.08. The van der Waals surface area contributed by atoms with Crippen molar-refractivity contribution in [2.45, 2.75) is 85.0 Å². The van der Waals surface area contributed by atoms with Gasteiger partial charge in [-0.3, -0.25) is 19.3 Å². The molecular formula is C35H45F2N7O6. The van der Waals surface area contributed by atoms with Crippen LogP contribution in [0.3, 0.4) is 0 Å². The number of methoxy groups -OCH3 is 1. The summed E-state index contributed by atoms with van der Waals surface area (Å²) in [4.78, 5) is 64.9. The monoisotopic (exact) mass is 697 g/mol. The third kappa shape index (κ3) is 8.55. The van der Waals surface area contributed by atoms with E-state index in [1.807, 2.05) is 0 Å². The topological polar surface area (TPSA) is 155 Å². The Balaban J connectivity index is 1.56. The maximum atomic E-state index is 14.4. The molecule has 1 aliphatic rings. The molecule has 4 rings (SSSR count). The number of hydrogen-bond donors (Lipinski definition) is 3. The highest BCUT2D eigenvalue weighted by Gasteiger charge is 2.43. The zero-order chi connectivity index (χ0) is 37.1. The minimum absolute atomic E-state index is 0.0881. The van der Waals surface area contributed by atoms with Gasteiger partial charge in [-0.1, -0.05) is 26.8 Å². The molecule has 0 aliphatic carbocycles. The number of amides is 4. The molecule has 3 atom stereocenters. The lowest BCUT2D eigenvalue weighted by molar-refractivity contribution is -0.143. The summed E-state index contributed by atoms with van der Waals surface area (Å²) in [6, 6.07) is 3.66. The predicted octanol–water partition coefficient (Wildman–Crippen LogP) is 5.38. The van der Waals surface area contributed by atoms with Crippen molar-refractivity contribution in [3.05, 3.63) is 48.3 Å². The van der Waals surface area contributed by atoms with Crippen molar-refractivity contribution in [3.8, 4) is 5.75 Å². The van der Waals surface area contributed by atoms with Crippen LogP contribution in [0.15, 0.2) is 36.7 Å². The van der Waals surface area contributed by atoms with Crippen LogP contribution in [0.2, 0.25) is 0 Å². The number of nitrogens with zero attached hydrogens (tertiary/aromatic N) is 4. The van der Waals surface area contributed by atoms with Gasteiger partial charge in [0.15, 0.2) is 0 Å². The molecule has 270 valence electrons. The average molecular weight is 698 g/mol. The number of rotatable bonds is 9. The van der Waals surface area contributed by atoms with Gasteiger partial charge in [0.25, 0.3) is 0 Å². The van der Waals surface area contributed by atoms with Gasteiger partial charge in [-0.05, 0) is 64.2 Å². The molecule has 0 bridgehead atoms. The Morgan fingerprint density at radius 2 is 1.70 bits per heavy atom. The van der Waals surface area contributed by atoms with Crippen LogP contribution in [-0.2, 0) is 19.1 Å². The van der Waals surface area contributed by atoms with E-state index < -0.39 is 70.3 Å². The zero-order valence-electron chi connectivity index (χ0n) is 29.8. The van der Waals surface area contributed by atoms with Gasteiger partial charge < -0.3 is 30.3 Å². The average Bonchev–Trinajstić information content (AvgIpc) is 3.53. The maximum Gasteiger partial charge on any atom is 0.410 e. The molecule has 1 fully saturated rings. The lowest BCUT2D eigenvalue weighted by Gasteiger charge is -2.36. The van der Waals surface area contributed by atoms with E-state index in [1.54, 1.807) is 47.6 Å². The number of anilines is 3. The lowest BCUT2D eigenvalue weighted by Crippen LogP contribution is -2.59. The molecule has 0 saturated carbocycles. The Morgan fingerprint density at radius 1 is 1.04 bits per heavy atom. The smallest absolute Gasteiger partial charge is 0.410 e. The molecular weight excluding hydrogens is 652 g/mol. The standard InChI is InChI=1S/C35H45F2N7O6/c1-19(43(8)33(48)50-35(5,6)7)30(45)42-28(34(2,3)4)32(47)44-15-11-14-25(44)31(46)40-24-16-20-23(17-26(24)49-9)38-18-39-29(20)41-27-21(36)12-10-13-22(27)37/h10,12-13,16-19,25,28H,11,14-15H2,1-9H3,(H,40,46)(H,42,45)(H,38,39,41)/t19-,25-,28+/m0/s1. The highest BCUT2D eigenvalue weighted by molar-refractivity contribution is 6.03. The summed E-state index contributed by atoms with van der Waals surface area (Å²) in [5.41, 5.74) is -1.33. The van der Waals surface area contributed by atoms with Gasteiger partial charge in [0.05, 0.1) is 18.3 Å². The maximum absolute atomic E-state index is 14.4. The van der Waals surface area contributed by atoms with Crippen molar-refractivity contribution in [1.82, 2.24) is 25.1 Å². The molecule has 3 aromatic rings. The number of likely N-dealkylation sites (tertiary alicyclic amines) is 1. The molecule has 50 heavy (non-hydrogen) atoms. The Bertz CT molecular complexity index is 1750. The molecule has 0 radical (unpaired) electrons. The highest BCUT2D eigenvalue weighted by atomic mass is 19.1. The highest BCUT2D eigenvalue weighted by Crippen LogP contribution is 2.35. The molecule has 2 heterocycles. The van der Waals surface area contributed by atoms with E-state index in [4.69, 9.17) is 9.47 Å². The fourth-order valence-corrected chi connectivity index (χ4v) is 5.45. The van der Waals surface area contributed by atoms with Crippen LogP contribution in [0, 0.1) is 17.0 Å². The second-order valence-electron chi connectivity index (χ2n) is 14.3. The summed E-state index contributed by atoms with van der Waals surface area (Å²) in [6.07, 6.45) is 1.44. The number of likely N-dealkylation sites (N-methyl/N-ethyl adjacent to an activating group) is 1. The molecule has 15 heteroatoms. The number of benzene rings is 2. The van der Waals surface area contributed by atoms with Crippen LogP contribution >= 0.6 is 0 Å². The third-order valence-electron chi connectivity index (χ3n) is 8.30. The van der Waals surface area contributed by atoms with Crippen LogP contribution in [0.25, 0.3) is 10.9 Å². The van der Waals surface area contributed by atoms with Crippen LogP contribution in [0.5, 0.6) is 5.75 Å². The summed E-state index contributed by atoms with van der Waals surface area (Å²) >= 11 is 0. The minimum Gasteiger partial charge on any atom is -0.494 e. The molecule has 1 aromatic heterocycles. The summed E-state index contributed by atoms with van der Waals surface area (Å²) in [5.74, 6) is -2.81. The minimum atomic E-state index is -1.03.